The average molecular weight is 265 g/mol. The van der Waals surface area contributed by atoms with E-state index in [-0.39, 0.29) is 18.4 Å². The van der Waals surface area contributed by atoms with E-state index in [0.717, 1.165) is 0 Å². The van der Waals surface area contributed by atoms with Gasteiger partial charge in [-0.2, -0.15) is 0 Å². The first-order valence-electron chi connectivity index (χ1n) is 6.11. The molecule has 1 amide bonds. The zero-order chi connectivity index (χ0) is 14.4. The smallest absolute Gasteiger partial charge is 0.323 e. The van der Waals surface area contributed by atoms with Crippen LogP contribution in [0.25, 0.3) is 0 Å². The third kappa shape index (κ3) is 4.28. The van der Waals surface area contributed by atoms with Crippen LogP contribution in [0, 0.1) is 5.92 Å². The third-order valence-electron chi connectivity index (χ3n) is 2.55. The van der Waals surface area contributed by atoms with Crippen molar-refractivity contribution in [3.05, 3.63) is 24.3 Å². The number of ether oxygens (including phenoxy) is 1. The highest BCUT2D eigenvalue weighted by Gasteiger charge is 2.22. The Balaban J connectivity index is 3.08. The van der Waals surface area contributed by atoms with E-state index in [1.165, 1.54) is 12.0 Å². The van der Waals surface area contributed by atoms with Gasteiger partial charge in [-0.1, -0.05) is 26.0 Å². The molecule has 0 spiro atoms. The predicted octanol–water partition coefficient (Wildman–Crippen LogP) is 2.16. The molecular weight excluding hydrogens is 246 g/mol. The molecule has 0 aromatic heterocycles. The van der Waals surface area contributed by atoms with Crippen LogP contribution in [0.3, 0.4) is 0 Å². The van der Waals surface area contributed by atoms with Crippen LogP contribution >= 0.6 is 0 Å². The lowest BCUT2D eigenvalue weighted by Gasteiger charge is -2.23. The van der Waals surface area contributed by atoms with Crippen LogP contribution in [0.1, 0.15) is 20.3 Å². The monoisotopic (exact) mass is 265 g/mol. The van der Waals surface area contributed by atoms with E-state index in [2.05, 4.69) is 0 Å². The fourth-order valence-electron chi connectivity index (χ4n) is 1.76. The summed E-state index contributed by atoms with van der Waals surface area (Å²) >= 11 is 0. The van der Waals surface area contributed by atoms with Gasteiger partial charge in [0.15, 0.2) is 0 Å². The lowest BCUT2D eigenvalue weighted by molar-refractivity contribution is -0.136. The number of para-hydroxylation sites is 2. The van der Waals surface area contributed by atoms with Crippen LogP contribution in [-0.2, 0) is 9.59 Å². The Bertz CT molecular complexity index is 457. The fraction of sp³-hybridized carbons (Fsp3) is 0.429. The molecule has 1 aromatic rings. The summed E-state index contributed by atoms with van der Waals surface area (Å²) in [6.07, 6.45) is 0.297. The Kier molecular flexibility index (Phi) is 5.36. The maximum absolute atomic E-state index is 12.2. The summed E-state index contributed by atoms with van der Waals surface area (Å²) in [5.41, 5.74) is 0.484. The number of rotatable bonds is 6. The first-order valence-corrected chi connectivity index (χ1v) is 6.11. The molecule has 0 unspecified atom stereocenters. The van der Waals surface area contributed by atoms with Gasteiger partial charge >= 0.3 is 5.97 Å². The van der Waals surface area contributed by atoms with Gasteiger partial charge in [-0.3, -0.25) is 14.5 Å². The van der Waals surface area contributed by atoms with Crippen molar-refractivity contribution >= 4 is 17.6 Å². The molecule has 0 aliphatic carbocycles. The number of methoxy groups -OCH3 is 1. The van der Waals surface area contributed by atoms with Gasteiger partial charge in [-0.15, -0.1) is 0 Å². The molecule has 1 rings (SSSR count). The number of amides is 1. The van der Waals surface area contributed by atoms with E-state index in [4.69, 9.17) is 9.84 Å². The number of aliphatic carboxylic acids is 1. The summed E-state index contributed by atoms with van der Waals surface area (Å²) in [7, 11) is 1.49. The number of carboxylic acids is 1. The molecule has 1 aromatic carbocycles. The van der Waals surface area contributed by atoms with Crippen LogP contribution in [0.2, 0.25) is 0 Å². The molecule has 1 N–H and O–H groups in total. The summed E-state index contributed by atoms with van der Waals surface area (Å²) in [6.45, 7) is 3.46. The van der Waals surface area contributed by atoms with Crippen molar-refractivity contribution in [1.29, 1.82) is 0 Å². The highest BCUT2D eigenvalue weighted by molar-refractivity contribution is 5.98. The number of anilines is 1. The maximum Gasteiger partial charge on any atom is 0.323 e. The Labute approximate surface area is 112 Å². The number of nitrogens with zero attached hydrogens (tertiary/aromatic N) is 1. The second-order valence-electron chi connectivity index (χ2n) is 4.64. The SMILES string of the molecule is COc1ccccc1N(CC(=O)O)C(=O)CC(C)C. The molecule has 19 heavy (non-hydrogen) atoms. The average Bonchev–Trinajstić information content (AvgIpc) is 2.34. The van der Waals surface area contributed by atoms with Crippen molar-refractivity contribution < 1.29 is 19.4 Å². The largest absolute Gasteiger partial charge is 0.495 e. The van der Waals surface area contributed by atoms with Gasteiger partial charge in [0.1, 0.15) is 12.3 Å². The fourth-order valence-corrected chi connectivity index (χ4v) is 1.76. The lowest BCUT2D eigenvalue weighted by atomic mass is 10.1. The Morgan fingerprint density at radius 1 is 1.32 bits per heavy atom. The molecule has 0 aliphatic rings. The standard InChI is InChI=1S/C14H19NO4/c1-10(2)8-13(16)15(9-14(17)18)11-6-4-5-7-12(11)19-3/h4-7,10H,8-9H2,1-3H3,(H,17,18). The van der Waals surface area contributed by atoms with Gasteiger partial charge in [-0.25, -0.2) is 0 Å². The van der Waals surface area contributed by atoms with Gasteiger partial charge in [-0.05, 0) is 18.1 Å². The predicted molar refractivity (Wildman–Crippen MR) is 72.4 cm³/mol. The minimum atomic E-state index is -1.05. The quantitative estimate of drug-likeness (QED) is 0.856. The molecule has 5 nitrogen and oxygen atoms in total. The van der Waals surface area contributed by atoms with E-state index in [1.807, 2.05) is 13.8 Å². The molecule has 0 fully saturated rings. The summed E-state index contributed by atoms with van der Waals surface area (Å²) < 4.78 is 5.18. The van der Waals surface area contributed by atoms with Crippen molar-refractivity contribution in [2.75, 3.05) is 18.6 Å². The summed E-state index contributed by atoms with van der Waals surface area (Å²) in [5.74, 6) is -0.621. The van der Waals surface area contributed by atoms with E-state index >= 15 is 0 Å². The van der Waals surface area contributed by atoms with Crippen LogP contribution in [0.4, 0.5) is 5.69 Å². The zero-order valence-electron chi connectivity index (χ0n) is 11.4. The van der Waals surface area contributed by atoms with Crippen LogP contribution in [-0.4, -0.2) is 30.6 Å². The van der Waals surface area contributed by atoms with Crippen molar-refractivity contribution in [3.8, 4) is 5.75 Å². The number of hydrogen-bond donors (Lipinski definition) is 1. The van der Waals surface area contributed by atoms with Crippen LogP contribution in [0.5, 0.6) is 5.75 Å². The third-order valence-corrected chi connectivity index (χ3v) is 2.55. The second kappa shape index (κ2) is 6.78. The van der Waals surface area contributed by atoms with Crippen molar-refractivity contribution in [3.63, 3.8) is 0 Å². The number of carbonyl (C=O) groups excluding carboxylic acids is 1. The molecule has 0 saturated heterocycles. The molecule has 0 heterocycles. The van der Waals surface area contributed by atoms with E-state index in [0.29, 0.717) is 17.9 Å². The number of carboxylic acid groups (broad SMARTS) is 1. The van der Waals surface area contributed by atoms with Crippen LogP contribution in [0.15, 0.2) is 24.3 Å². The highest BCUT2D eigenvalue weighted by Crippen LogP contribution is 2.28. The number of hydrogen-bond acceptors (Lipinski definition) is 3. The number of carbonyl (C=O) groups is 2. The molecule has 0 radical (unpaired) electrons. The van der Waals surface area contributed by atoms with Gasteiger partial charge in [0, 0.05) is 6.42 Å². The molecule has 0 bridgehead atoms. The van der Waals surface area contributed by atoms with Crippen molar-refractivity contribution in [2.45, 2.75) is 20.3 Å². The molecule has 104 valence electrons. The summed E-state index contributed by atoms with van der Waals surface area (Å²) in [5, 5.41) is 8.96. The van der Waals surface area contributed by atoms with Crippen molar-refractivity contribution in [1.82, 2.24) is 0 Å². The minimum Gasteiger partial charge on any atom is -0.495 e. The van der Waals surface area contributed by atoms with E-state index < -0.39 is 5.97 Å². The molecule has 5 heteroatoms. The normalized spacial score (nSPS) is 10.3. The maximum atomic E-state index is 12.2. The van der Waals surface area contributed by atoms with Gasteiger partial charge in [0.2, 0.25) is 5.91 Å². The Morgan fingerprint density at radius 3 is 2.47 bits per heavy atom. The molecule has 0 saturated carbocycles. The van der Waals surface area contributed by atoms with Gasteiger partial charge < -0.3 is 9.84 Å². The first kappa shape index (κ1) is 15.0. The summed E-state index contributed by atoms with van der Waals surface area (Å²) in [6, 6.07) is 6.90. The molecular formula is C14H19NO4. The molecule has 0 atom stereocenters. The minimum absolute atomic E-state index is 0.165. The van der Waals surface area contributed by atoms with Gasteiger partial charge in [0.05, 0.1) is 12.8 Å². The van der Waals surface area contributed by atoms with E-state index in [1.54, 1.807) is 24.3 Å². The number of benzene rings is 1. The molecule has 0 aliphatic heterocycles. The Hall–Kier alpha value is -2.04. The van der Waals surface area contributed by atoms with Crippen molar-refractivity contribution in [2.24, 2.45) is 5.92 Å². The topological polar surface area (TPSA) is 66.8 Å². The first-order chi connectivity index (χ1) is 8.95. The lowest BCUT2D eigenvalue weighted by Crippen LogP contribution is -2.36. The Morgan fingerprint density at radius 2 is 1.95 bits per heavy atom. The highest BCUT2D eigenvalue weighted by atomic mass is 16.5. The van der Waals surface area contributed by atoms with Gasteiger partial charge in [0.25, 0.3) is 0 Å². The van der Waals surface area contributed by atoms with Crippen LogP contribution < -0.4 is 9.64 Å². The second-order valence-corrected chi connectivity index (χ2v) is 4.64. The zero-order valence-corrected chi connectivity index (χ0v) is 11.4. The van der Waals surface area contributed by atoms with E-state index in [9.17, 15) is 9.59 Å². The summed E-state index contributed by atoms with van der Waals surface area (Å²) in [4.78, 5) is 24.4.